The number of nitrogens with one attached hydrogen (secondary N) is 1. The third-order valence-corrected chi connectivity index (χ3v) is 8.39. The first-order valence-electron chi connectivity index (χ1n) is 13.9. The molecular weight excluding hydrogens is 537 g/mol. The van der Waals surface area contributed by atoms with E-state index in [4.69, 9.17) is 0 Å². The monoisotopic (exact) mass is 572 g/mol. The molecule has 1 aliphatic carbocycles. The van der Waals surface area contributed by atoms with Gasteiger partial charge in [-0.15, -0.1) is 0 Å². The predicted octanol–water partition coefficient (Wildman–Crippen LogP) is 7.95. The van der Waals surface area contributed by atoms with E-state index < -0.39 is 47.7 Å². The van der Waals surface area contributed by atoms with E-state index in [2.05, 4.69) is 10.2 Å². The van der Waals surface area contributed by atoms with E-state index in [9.17, 15) is 35.5 Å². The lowest BCUT2D eigenvalue weighted by Gasteiger charge is -2.38. The van der Waals surface area contributed by atoms with Crippen molar-refractivity contribution in [2.45, 2.75) is 76.2 Å². The molecule has 10 heteroatoms. The van der Waals surface area contributed by atoms with Crippen LogP contribution in [0.5, 0.6) is 0 Å². The Hall–Kier alpha value is -2.62. The van der Waals surface area contributed by atoms with Crippen molar-refractivity contribution in [3.8, 4) is 0 Å². The predicted molar refractivity (Wildman–Crippen MR) is 138 cm³/mol. The molecule has 1 N–H and O–H groups in total. The van der Waals surface area contributed by atoms with Gasteiger partial charge >= 0.3 is 12.4 Å². The van der Waals surface area contributed by atoms with Crippen LogP contribution in [0.2, 0.25) is 0 Å². The summed E-state index contributed by atoms with van der Waals surface area (Å²) in [5.74, 6) is -0.222. The van der Waals surface area contributed by atoms with Crippen molar-refractivity contribution in [1.29, 1.82) is 0 Å². The third kappa shape index (κ3) is 8.21. The van der Waals surface area contributed by atoms with Gasteiger partial charge in [-0.25, -0.2) is 4.39 Å². The Morgan fingerprint density at radius 1 is 0.825 bits per heavy atom. The summed E-state index contributed by atoms with van der Waals surface area (Å²) >= 11 is 0. The summed E-state index contributed by atoms with van der Waals surface area (Å²) in [4.78, 5) is 15.5. The number of nitrogens with zero attached hydrogens (tertiary/aromatic N) is 1. The van der Waals surface area contributed by atoms with E-state index in [0.29, 0.717) is 30.7 Å². The van der Waals surface area contributed by atoms with Gasteiger partial charge in [0.15, 0.2) is 0 Å². The van der Waals surface area contributed by atoms with E-state index >= 15 is 0 Å². The molecular formula is C30H35F7N2O. The molecule has 1 saturated heterocycles. The van der Waals surface area contributed by atoms with Crippen molar-refractivity contribution in [2.24, 2.45) is 11.8 Å². The highest BCUT2D eigenvalue weighted by Crippen LogP contribution is 2.37. The SMILES string of the molecule is O=C(NCc1cc(C(F)(F)F)cc(C(F)(F)F)c1)[C@@H](CCN1CCC(C2CCCCC2)CC1)c1ccc(F)cc1. The maximum Gasteiger partial charge on any atom is 0.416 e. The van der Waals surface area contributed by atoms with Crippen LogP contribution in [0.4, 0.5) is 30.7 Å². The number of carbonyl (C=O) groups excluding carboxylic acids is 1. The molecule has 3 nitrogen and oxygen atoms in total. The fraction of sp³-hybridized carbons (Fsp3) is 0.567. The van der Waals surface area contributed by atoms with Crippen LogP contribution in [0.3, 0.4) is 0 Å². The van der Waals surface area contributed by atoms with Gasteiger partial charge in [0.1, 0.15) is 5.82 Å². The van der Waals surface area contributed by atoms with Crippen LogP contribution in [-0.2, 0) is 23.7 Å². The molecule has 0 spiro atoms. The topological polar surface area (TPSA) is 32.3 Å². The third-order valence-electron chi connectivity index (χ3n) is 8.39. The largest absolute Gasteiger partial charge is 0.416 e. The maximum absolute atomic E-state index is 13.6. The van der Waals surface area contributed by atoms with Crippen molar-refractivity contribution in [1.82, 2.24) is 10.2 Å². The quantitative estimate of drug-likeness (QED) is 0.326. The molecule has 2 aliphatic rings. The highest BCUT2D eigenvalue weighted by atomic mass is 19.4. The van der Waals surface area contributed by atoms with Gasteiger partial charge in [-0.1, -0.05) is 44.2 Å². The fourth-order valence-electron chi connectivity index (χ4n) is 6.14. The Bertz CT molecular complexity index is 1080. The summed E-state index contributed by atoms with van der Waals surface area (Å²) < 4.78 is 93.0. The number of piperidine rings is 1. The molecule has 0 aromatic heterocycles. The van der Waals surface area contributed by atoms with Gasteiger partial charge in [0, 0.05) is 6.54 Å². The van der Waals surface area contributed by atoms with Gasteiger partial charge in [-0.05, 0) is 92.2 Å². The Morgan fingerprint density at radius 3 is 1.93 bits per heavy atom. The van der Waals surface area contributed by atoms with Crippen molar-refractivity contribution in [2.75, 3.05) is 19.6 Å². The lowest BCUT2D eigenvalue weighted by atomic mass is 9.76. The molecule has 1 amide bonds. The smallest absolute Gasteiger partial charge is 0.351 e. The maximum atomic E-state index is 13.6. The molecule has 2 aromatic rings. The zero-order valence-electron chi connectivity index (χ0n) is 22.3. The Balaban J connectivity index is 1.41. The number of likely N-dealkylation sites (tertiary alicyclic amines) is 1. The van der Waals surface area contributed by atoms with E-state index in [1.165, 1.54) is 56.4 Å². The summed E-state index contributed by atoms with van der Waals surface area (Å²) in [6, 6.07) is 6.71. The average Bonchev–Trinajstić information content (AvgIpc) is 2.92. The van der Waals surface area contributed by atoms with Crippen LogP contribution in [-0.4, -0.2) is 30.4 Å². The molecule has 0 bridgehead atoms. The average molecular weight is 573 g/mol. The molecule has 2 fully saturated rings. The highest BCUT2D eigenvalue weighted by molar-refractivity contribution is 5.83. The number of rotatable bonds is 8. The number of halogens is 7. The minimum atomic E-state index is -4.97. The Kier molecular flexibility index (Phi) is 9.80. The van der Waals surface area contributed by atoms with Gasteiger partial charge < -0.3 is 10.2 Å². The fourth-order valence-corrected chi connectivity index (χ4v) is 6.14. The standard InChI is InChI=1S/C30H35F7N2O/c31-26-8-6-23(7-9-26)27(12-15-39-13-10-22(11-14-39)21-4-2-1-3-5-21)28(40)38-19-20-16-24(29(32,33)34)18-25(17-20)30(35,36)37/h6-9,16-18,21-22,27H,1-5,10-15,19H2,(H,38,40)/t27-/m0/s1. The molecule has 2 aromatic carbocycles. The van der Waals surface area contributed by atoms with E-state index in [1.54, 1.807) is 0 Å². The van der Waals surface area contributed by atoms with E-state index in [-0.39, 0.29) is 11.6 Å². The molecule has 1 heterocycles. The first kappa shape index (κ1) is 30.3. The lowest BCUT2D eigenvalue weighted by Crippen LogP contribution is -2.38. The molecule has 1 aliphatic heterocycles. The second kappa shape index (κ2) is 12.9. The number of carbonyl (C=O) groups is 1. The summed E-state index contributed by atoms with van der Waals surface area (Å²) in [5, 5.41) is 2.52. The first-order chi connectivity index (χ1) is 18.9. The second-order valence-electron chi connectivity index (χ2n) is 11.1. The van der Waals surface area contributed by atoms with E-state index in [1.807, 2.05) is 0 Å². The number of amides is 1. The normalized spacial score (nSPS) is 19.0. The summed E-state index contributed by atoms with van der Waals surface area (Å²) in [5.41, 5.74) is -2.63. The molecule has 1 saturated carbocycles. The van der Waals surface area contributed by atoms with Crippen LogP contribution in [0, 0.1) is 17.7 Å². The van der Waals surface area contributed by atoms with Crippen molar-refractivity contribution < 1.29 is 35.5 Å². The summed E-state index contributed by atoms with van der Waals surface area (Å²) in [6.45, 7) is 1.94. The molecule has 40 heavy (non-hydrogen) atoms. The number of hydrogen-bond donors (Lipinski definition) is 1. The Labute approximate surface area is 230 Å². The van der Waals surface area contributed by atoms with Crippen molar-refractivity contribution in [3.63, 3.8) is 0 Å². The number of benzene rings is 2. The minimum absolute atomic E-state index is 0.0596. The molecule has 1 atom stereocenters. The zero-order valence-corrected chi connectivity index (χ0v) is 22.3. The minimum Gasteiger partial charge on any atom is -0.351 e. The number of hydrogen-bond acceptors (Lipinski definition) is 2. The van der Waals surface area contributed by atoms with Gasteiger partial charge in [-0.2, -0.15) is 26.3 Å². The zero-order chi connectivity index (χ0) is 28.9. The molecule has 220 valence electrons. The van der Waals surface area contributed by atoms with E-state index in [0.717, 1.165) is 37.8 Å². The van der Waals surface area contributed by atoms with Gasteiger partial charge in [0.25, 0.3) is 0 Å². The van der Waals surface area contributed by atoms with Gasteiger partial charge in [0.2, 0.25) is 5.91 Å². The Morgan fingerprint density at radius 2 is 1.38 bits per heavy atom. The van der Waals surface area contributed by atoms with Crippen LogP contribution >= 0.6 is 0 Å². The molecule has 0 unspecified atom stereocenters. The van der Waals surface area contributed by atoms with Crippen molar-refractivity contribution >= 4 is 5.91 Å². The van der Waals surface area contributed by atoms with Gasteiger partial charge in [0.05, 0.1) is 17.0 Å². The molecule has 4 rings (SSSR count). The van der Waals surface area contributed by atoms with Crippen LogP contribution < -0.4 is 5.32 Å². The van der Waals surface area contributed by atoms with Crippen LogP contribution in [0.25, 0.3) is 0 Å². The van der Waals surface area contributed by atoms with Crippen molar-refractivity contribution in [3.05, 3.63) is 70.5 Å². The number of alkyl halides is 6. The highest BCUT2D eigenvalue weighted by Gasteiger charge is 2.37. The summed E-state index contributed by atoms with van der Waals surface area (Å²) in [7, 11) is 0. The molecule has 0 radical (unpaired) electrons. The van der Waals surface area contributed by atoms with Crippen LogP contribution in [0.1, 0.15) is 79.5 Å². The first-order valence-corrected chi connectivity index (χ1v) is 13.9. The second-order valence-corrected chi connectivity index (χ2v) is 11.1. The lowest BCUT2D eigenvalue weighted by molar-refractivity contribution is -0.143. The van der Waals surface area contributed by atoms with Crippen LogP contribution in [0.15, 0.2) is 42.5 Å². The van der Waals surface area contributed by atoms with Gasteiger partial charge in [-0.3, -0.25) is 4.79 Å². The summed E-state index contributed by atoms with van der Waals surface area (Å²) in [6.07, 6.45) is -0.815.